The highest BCUT2D eigenvalue weighted by molar-refractivity contribution is 5.54. The first kappa shape index (κ1) is 15.3. The first-order valence-electron chi connectivity index (χ1n) is 7.93. The SMILES string of the molecule is CCCNCc1ccccc1N(C)C1CCCCC1O. The lowest BCUT2D eigenvalue weighted by atomic mass is 9.91. The summed E-state index contributed by atoms with van der Waals surface area (Å²) in [5.74, 6) is 0. The van der Waals surface area contributed by atoms with Crippen molar-refractivity contribution in [1.29, 1.82) is 0 Å². The van der Waals surface area contributed by atoms with Gasteiger partial charge in [-0.25, -0.2) is 0 Å². The van der Waals surface area contributed by atoms with Gasteiger partial charge in [0.25, 0.3) is 0 Å². The summed E-state index contributed by atoms with van der Waals surface area (Å²) in [6, 6.07) is 8.80. The van der Waals surface area contributed by atoms with Gasteiger partial charge in [-0.2, -0.15) is 0 Å². The zero-order chi connectivity index (χ0) is 14.4. The van der Waals surface area contributed by atoms with Crippen LogP contribution < -0.4 is 10.2 Å². The average molecular weight is 276 g/mol. The summed E-state index contributed by atoms with van der Waals surface area (Å²) >= 11 is 0. The molecule has 0 saturated heterocycles. The van der Waals surface area contributed by atoms with Gasteiger partial charge in [0.1, 0.15) is 0 Å². The van der Waals surface area contributed by atoms with Crippen molar-refractivity contribution in [2.45, 2.75) is 57.7 Å². The Morgan fingerprint density at radius 2 is 2.00 bits per heavy atom. The van der Waals surface area contributed by atoms with Crippen LogP contribution in [0.1, 0.15) is 44.6 Å². The van der Waals surface area contributed by atoms with Gasteiger partial charge in [0.2, 0.25) is 0 Å². The number of anilines is 1. The number of rotatable bonds is 6. The van der Waals surface area contributed by atoms with Crippen molar-refractivity contribution in [3.63, 3.8) is 0 Å². The van der Waals surface area contributed by atoms with E-state index in [1.165, 1.54) is 17.7 Å². The smallest absolute Gasteiger partial charge is 0.0743 e. The van der Waals surface area contributed by atoms with E-state index in [1.807, 2.05) is 0 Å². The van der Waals surface area contributed by atoms with E-state index in [4.69, 9.17) is 0 Å². The largest absolute Gasteiger partial charge is 0.391 e. The Morgan fingerprint density at radius 1 is 1.25 bits per heavy atom. The minimum atomic E-state index is -0.189. The van der Waals surface area contributed by atoms with Crippen LogP contribution in [0.25, 0.3) is 0 Å². The molecule has 1 aliphatic carbocycles. The molecule has 0 spiro atoms. The number of nitrogens with one attached hydrogen (secondary N) is 1. The van der Waals surface area contributed by atoms with Crippen LogP contribution in [-0.4, -0.2) is 30.8 Å². The third-order valence-electron chi connectivity index (χ3n) is 4.31. The van der Waals surface area contributed by atoms with Crippen LogP contribution in [0.2, 0.25) is 0 Å². The van der Waals surface area contributed by atoms with Crippen LogP contribution in [0.15, 0.2) is 24.3 Å². The van der Waals surface area contributed by atoms with Gasteiger partial charge in [-0.05, 0) is 37.4 Å². The van der Waals surface area contributed by atoms with Crippen LogP contribution in [0.4, 0.5) is 5.69 Å². The molecule has 2 rings (SSSR count). The first-order valence-corrected chi connectivity index (χ1v) is 7.93. The molecule has 0 aliphatic heterocycles. The molecule has 1 aromatic carbocycles. The van der Waals surface area contributed by atoms with Gasteiger partial charge < -0.3 is 15.3 Å². The first-order chi connectivity index (χ1) is 9.74. The molecule has 3 nitrogen and oxygen atoms in total. The van der Waals surface area contributed by atoms with Gasteiger partial charge in [0.15, 0.2) is 0 Å². The van der Waals surface area contributed by atoms with Crippen LogP contribution >= 0.6 is 0 Å². The molecule has 1 aromatic rings. The molecule has 0 aromatic heterocycles. The number of nitrogens with zero attached hydrogens (tertiary/aromatic N) is 1. The average Bonchev–Trinajstić information content (AvgIpc) is 2.48. The van der Waals surface area contributed by atoms with Gasteiger partial charge in [-0.3, -0.25) is 0 Å². The number of benzene rings is 1. The van der Waals surface area contributed by atoms with E-state index in [2.05, 4.69) is 48.5 Å². The van der Waals surface area contributed by atoms with E-state index in [0.29, 0.717) is 0 Å². The quantitative estimate of drug-likeness (QED) is 0.784. The highest BCUT2D eigenvalue weighted by atomic mass is 16.3. The van der Waals surface area contributed by atoms with E-state index >= 15 is 0 Å². The van der Waals surface area contributed by atoms with E-state index < -0.39 is 0 Å². The van der Waals surface area contributed by atoms with Crippen molar-refractivity contribution in [1.82, 2.24) is 5.32 Å². The second-order valence-electron chi connectivity index (χ2n) is 5.84. The minimum Gasteiger partial charge on any atom is -0.391 e. The van der Waals surface area contributed by atoms with E-state index in [1.54, 1.807) is 0 Å². The molecule has 20 heavy (non-hydrogen) atoms. The molecular weight excluding hydrogens is 248 g/mol. The molecule has 2 unspecified atom stereocenters. The third kappa shape index (κ3) is 3.74. The van der Waals surface area contributed by atoms with E-state index in [0.717, 1.165) is 38.8 Å². The molecule has 0 bridgehead atoms. The van der Waals surface area contributed by atoms with Gasteiger partial charge in [-0.1, -0.05) is 38.0 Å². The molecule has 3 heteroatoms. The summed E-state index contributed by atoms with van der Waals surface area (Å²) < 4.78 is 0. The number of aliphatic hydroxyl groups is 1. The maximum absolute atomic E-state index is 10.2. The van der Waals surface area contributed by atoms with Gasteiger partial charge >= 0.3 is 0 Å². The van der Waals surface area contributed by atoms with Crippen LogP contribution in [0.3, 0.4) is 0 Å². The predicted octanol–water partition coefficient (Wildman–Crippen LogP) is 2.93. The fourth-order valence-corrected chi connectivity index (χ4v) is 3.13. The standard InChI is InChI=1S/C17H28N2O/c1-3-12-18-13-14-8-4-5-9-15(14)19(2)16-10-6-7-11-17(16)20/h4-5,8-9,16-18,20H,3,6-7,10-13H2,1-2H3. The van der Waals surface area contributed by atoms with Crippen molar-refractivity contribution in [3.05, 3.63) is 29.8 Å². The zero-order valence-electron chi connectivity index (χ0n) is 12.8. The summed E-state index contributed by atoms with van der Waals surface area (Å²) in [7, 11) is 2.12. The summed E-state index contributed by atoms with van der Waals surface area (Å²) in [5.41, 5.74) is 2.57. The van der Waals surface area contributed by atoms with Crippen molar-refractivity contribution < 1.29 is 5.11 Å². The molecule has 1 aliphatic rings. The second-order valence-corrected chi connectivity index (χ2v) is 5.84. The molecule has 0 amide bonds. The maximum atomic E-state index is 10.2. The number of para-hydroxylation sites is 1. The van der Waals surface area contributed by atoms with Gasteiger partial charge in [0.05, 0.1) is 12.1 Å². The summed E-state index contributed by atoms with van der Waals surface area (Å²) in [6.07, 6.45) is 5.37. The number of likely N-dealkylation sites (N-methyl/N-ethyl adjacent to an activating group) is 1. The Balaban J connectivity index is 2.09. The Hall–Kier alpha value is -1.06. The molecule has 1 fully saturated rings. The number of hydrogen-bond donors (Lipinski definition) is 2. The van der Waals surface area contributed by atoms with Crippen LogP contribution in [-0.2, 0) is 6.54 Å². The highest BCUT2D eigenvalue weighted by Gasteiger charge is 2.27. The normalized spacial score (nSPS) is 22.8. The molecule has 112 valence electrons. The van der Waals surface area contributed by atoms with E-state index in [9.17, 15) is 5.11 Å². The number of aliphatic hydroxyl groups excluding tert-OH is 1. The molecule has 1 saturated carbocycles. The number of hydrogen-bond acceptors (Lipinski definition) is 3. The Bertz CT molecular complexity index is 408. The van der Waals surface area contributed by atoms with Crippen LogP contribution in [0.5, 0.6) is 0 Å². The Morgan fingerprint density at radius 3 is 2.75 bits per heavy atom. The topological polar surface area (TPSA) is 35.5 Å². The third-order valence-corrected chi connectivity index (χ3v) is 4.31. The molecular formula is C17H28N2O. The van der Waals surface area contributed by atoms with Crippen molar-refractivity contribution in [2.24, 2.45) is 0 Å². The molecule has 0 radical (unpaired) electrons. The van der Waals surface area contributed by atoms with Crippen molar-refractivity contribution in [2.75, 3.05) is 18.5 Å². The van der Waals surface area contributed by atoms with Crippen molar-refractivity contribution in [3.8, 4) is 0 Å². The highest BCUT2D eigenvalue weighted by Crippen LogP contribution is 2.28. The van der Waals surface area contributed by atoms with Crippen molar-refractivity contribution >= 4 is 5.69 Å². The summed E-state index contributed by atoms with van der Waals surface area (Å²) in [4.78, 5) is 2.28. The molecule has 2 N–H and O–H groups in total. The molecule has 2 atom stereocenters. The fourth-order valence-electron chi connectivity index (χ4n) is 3.13. The fraction of sp³-hybridized carbons (Fsp3) is 0.647. The van der Waals surface area contributed by atoms with E-state index in [-0.39, 0.29) is 12.1 Å². The minimum absolute atomic E-state index is 0.189. The Labute approximate surface area is 123 Å². The summed E-state index contributed by atoms with van der Waals surface area (Å²) in [6.45, 7) is 4.13. The Kier molecular flexibility index (Phi) is 5.86. The van der Waals surface area contributed by atoms with Crippen LogP contribution in [0, 0.1) is 0 Å². The van der Waals surface area contributed by atoms with Gasteiger partial charge in [0, 0.05) is 19.3 Å². The zero-order valence-corrected chi connectivity index (χ0v) is 12.8. The lowest BCUT2D eigenvalue weighted by molar-refractivity contribution is 0.106. The molecule has 0 heterocycles. The second kappa shape index (κ2) is 7.65. The predicted molar refractivity (Wildman–Crippen MR) is 85.1 cm³/mol. The lowest BCUT2D eigenvalue weighted by Gasteiger charge is -2.37. The summed E-state index contributed by atoms with van der Waals surface area (Å²) in [5, 5.41) is 13.7. The monoisotopic (exact) mass is 276 g/mol. The van der Waals surface area contributed by atoms with Gasteiger partial charge in [-0.15, -0.1) is 0 Å². The lowest BCUT2D eigenvalue weighted by Crippen LogP contribution is -2.44. The maximum Gasteiger partial charge on any atom is 0.0743 e.